The number of hydrogen-bond donors (Lipinski definition) is 1. The highest BCUT2D eigenvalue weighted by atomic mass is 32.1. The molecule has 0 saturated carbocycles. The van der Waals surface area contributed by atoms with Gasteiger partial charge in [0.25, 0.3) is 0 Å². The first-order chi connectivity index (χ1) is 10.3. The second-order valence-corrected chi connectivity index (χ2v) is 6.89. The maximum absolute atomic E-state index is 6.11. The van der Waals surface area contributed by atoms with Crippen molar-refractivity contribution >= 4 is 31.5 Å². The van der Waals surface area contributed by atoms with Crippen LogP contribution in [0.5, 0.6) is 0 Å². The number of aromatic nitrogens is 2. The van der Waals surface area contributed by atoms with Crippen LogP contribution in [0.4, 0.5) is 0 Å². The van der Waals surface area contributed by atoms with Crippen molar-refractivity contribution in [2.75, 3.05) is 5.75 Å². The van der Waals surface area contributed by atoms with E-state index in [0.29, 0.717) is 5.75 Å². The van der Waals surface area contributed by atoms with E-state index in [1.54, 1.807) is 0 Å². The van der Waals surface area contributed by atoms with Gasteiger partial charge >= 0.3 is 7.12 Å². The fourth-order valence-electron chi connectivity index (χ4n) is 2.43. The Balaban J connectivity index is 1.95. The number of rotatable bonds is 3. The lowest BCUT2D eigenvalue weighted by molar-refractivity contribution is 0.00578. The molecule has 3 rings (SSSR count). The van der Waals surface area contributed by atoms with Crippen LogP contribution in [0, 0.1) is 0 Å². The molecule has 0 atom stereocenters. The summed E-state index contributed by atoms with van der Waals surface area (Å²) in [6.07, 6.45) is 5.90. The Bertz CT molecular complexity index is 708. The predicted molar refractivity (Wildman–Crippen MR) is 93.1 cm³/mol. The summed E-state index contributed by atoms with van der Waals surface area (Å²) in [5, 5.41) is 0. The van der Waals surface area contributed by atoms with Crippen LogP contribution in [0.25, 0.3) is 11.7 Å². The summed E-state index contributed by atoms with van der Waals surface area (Å²) in [6, 6.07) is 5.94. The zero-order chi connectivity index (χ0) is 16.0. The Morgan fingerprint density at radius 3 is 2.59 bits per heavy atom. The molecule has 3 heterocycles. The first kappa shape index (κ1) is 15.7. The molecule has 1 fully saturated rings. The molecule has 0 unspecified atom stereocenters. The van der Waals surface area contributed by atoms with Crippen LogP contribution in [-0.2, 0) is 9.31 Å². The van der Waals surface area contributed by atoms with Gasteiger partial charge in [-0.1, -0.05) is 6.07 Å². The van der Waals surface area contributed by atoms with Gasteiger partial charge in [0.05, 0.1) is 23.1 Å². The van der Waals surface area contributed by atoms with Crippen LogP contribution in [0.2, 0.25) is 0 Å². The van der Waals surface area contributed by atoms with Gasteiger partial charge < -0.3 is 13.7 Å². The molecule has 0 radical (unpaired) electrons. The predicted octanol–water partition coefficient (Wildman–Crippen LogP) is 3.28. The Morgan fingerprint density at radius 2 is 1.95 bits per heavy atom. The van der Waals surface area contributed by atoms with E-state index >= 15 is 0 Å². The van der Waals surface area contributed by atoms with Crippen LogP contribution in [0.3, 0.4) is 0 Å². The SMILES string of the molecule is CC1(C)OB(C(=Cc2cnc3ccccn23)CS)OC1(C)C. The van der Waals surface area contributed by atoms with E-state index in [0.717, 1.165) is 16.8 Å². The lowest BCUT2D eigenvalue weighted by Gasteiger charge is -2.32. The van der Waals surface area contributed by atoms with Gasteiger partial charge in [-0.15, -0.1) is 0 Å². The quantitative estimate of drug-likeness (QED) is 0.697. The van der Waals surface area contributed by atoms with Gasteiger partial charge in [-0.05, 0) is 51.4 Å². The monoisotopic (exact) mass is 316 g/mol. The number of hydrogen-bond acceptors (Lipinski definition) is 4. The Morgan fingerprint density at radius 1 is 1.27 bits per heavy atom. The van der Waals surface area contributed by atoms with Crippen molar-refractivity contribution < 1.29 is 9.31 Å². The van der Waals surface area contributed by atoms with E-state index in [1.165, 1.54) is 0 Å². The topological polar surface area (TPSA) is 35.8 Å². The lowest BCUT2D eigenvalue weighted by Crippen LogP contribution is -2.41. The third-order valence-electron chi connectivity index (χ3n) is 4.52. The van der Waals surface area contributed by atoms with Gasteiger partial charge in [0.1, 0.15) is 5.65 Å². The van der Waals surface area contributed by atoms with Crippen molar-refractivity contribution in [3.63, 3.8) is 0 Å². The van der Waals surface area contributed by atoms with Crippen molar-refractivity contribution in [2.24, 2.45) is 0 Å². The summed E-state index contributed by atoms with van der Waals surface area (Å²) >= 11 is 4.45. The van der Waals surface area contributed by atoms with Gasteiger partial charge in [0.15, 0.2) is 0 Å². The number of fused-ring (bicyclic) bond motifs is 1. The molecule has 116 valence electrons. The van der Waals surface area contributed by atoms with Crippen LogP contribution >= 0.6 is 12.6 Å². The second kappa shape index (κ2) is 5.44. The van der Waals surface area contributed by atoms with E-state index in [2.05, 4.69) is 51.4 Å². The third kappa shape index (κ3) is 2.60. The van der Waals surface area contributed by atoms with Crippen molar-refractivity contribution in [1.29, 1.82) is 0 Å². The van der Waals surface area contributed by atoms with E-state index in [9.17, 15) is 0 Å². The minimum absolute atomic E-state index is 0.348. The molecular weight excluding hydrogens is 295 g/mol. The lowest BCUT2D eigenvalue weighted by atomic mass is 9.78. The molecule has 1 aliphatic rings. The van der Waals surface area contributed by atoms with Crippen molar-refractivity contribution in [3.05, 3.63) is 41.8 Å². The first-order valence-corrected chi connectivity index (χ1v) is 8.06. The number of pyridine rings is 1. The largest absolute Gasteiger partial charge is 0.491 e. The zero-order valence-electron chi connectivity index (χ0n) is 13.4. The van der Waals surface area contributed by atoms with Gasteiger partial charge in [-0.25, -0.2) is 4.98 Å². The minimum atomic E-state index is -0.378. The summed E-state index contributed by atoms with van der Waals surface area (Å²) in [4.78, 5) is 4.40. The molecule has 22 heavy (non-hydrogen) atoms. The molecule has 0 aromatic carbocycles. The van der Waals surface area contributed by atoms with Crippen LogP contribution in [0.15, 0.2) is 36.1 Å². The molecule has 0 aliphatic carbocycles. The average Bonchev–Trinajstić information content (AvgIpc) is 2.95. The molecular formula is C16H21BN2O2S. The molecule has 2 aromatic heterocycles. The maximum atomic E-state index is 6.11. The molecule has 0 amide bonds. The Labute approximate surface area is 137 Å². The van der Waals surface area contributed by atoms with E-state index in [4.69, 9.17) is 9.31 Å². The van der Waals surface area contributed by atoms with Crippen LogP contribution < -0.4 is 0 Å². The smallest absolute Gasteiger partial charge is 0.400 e. The molecule has 6 heteroatoms. The van der Waals surface area contributed by atoms with E-state index in [-0.39, 0.29) is 18.3 Å². The number of nitrogens with zero attached hydrogens (tertiary/aromatic N) is 2. The fourth-order valence-corrected chi connectivity index (χ4v) is 2.67. The number of imidazole rings is 1. The molecule has 2 aromatic rings. The van der Waals surface area contributed by atoms with Crippen molar-refractivity contribution in [1.82, 2.24) is 9.38 Å². The zero-order valence-corrected chi connectivity index (χ0v) is 14.3. The average molecular weight is 316 g/mol. The van der Waals surface area contributed by atoms with Crippen LogP contribution in [-0.4, -0.2) is 33.5 Å². The first-order valence-electron chi connectivity index (χ1n) is 7.43. The normalized spacial score (nSPS) is 20.8. The Hall–Kier alpha value is -1.24. The maximum Gasteiger partial charge on any atom is 0.491 e. The van der Waals surface area contributed by atoms with E-state index in [1.807, 2.05) is 35.0 Å². The second-order valence-electron chi connectivity index (χ2n) is 6.58. The molecule has 0 bridgehead atoms. The highest BCUT2D eigenvalue weighted by Crippen LogP contribution is 2.39. The van der Waals surface area contributed by atoms with E-state index < -0.39 is 0 Å². The summed E-state index contributed by atoms with van der Waals surface area (Å²) in [6.45, 7) is 8.21. The van der Waals surface area contributed by atoms with Gasteiger partial charge in [-0.2, -0.15) is 12.6 Å². The molecule has 0 N–H and O–H groups in total. The molecule has 1 aliphatic heterocycles. The molecule has 1 saturated heterocycles. The Kier molecular flexibility index (Phi) is 3.87. The molecule has 0 spiro atoms. The summed E-state index contributed by atoms with van der Waals surface area (Å²) in [5.74, 6) is 0.566. The molecule has 4 nitrogen and oxygen atoms in total. The standard InChI is InChI=1S/C16H21BN2O2S/c1-15(2)16(3,4)21-17(20-15)12(11-22)9-13-10-18-14-7-5-6-8-19(13)14/h5-10,22H,11H2,1-4H3. The highest BCUT2D eigenvalue weighted by molar-refractivity contribution is 7.80. The van der Waals surface area contributed by atoms with Gasteiger partial charge in [0.2, 0.25) is 0 Å². The minimum Gasteiger partial charge on any atom is -0.400 e. The fraction of sp³-hybridized carbons (Fsp3) is 0.438. The van der Waals surface area contributed by atoms with Crippen molar-refractivity contribution in [3.8, 4) is 0 Å². The summed E-state index contributed by atoms with van der Waals surface area (Å²) in [7, 11) is -0.378. The summed E-state index contributed by atoms with van der Waals surface area (Å²) in [5.41, 5.74) is 2.21. The van der Waals surface area contributed by atoms with Crippen molar-refractivity contribution in [2.45, 2.75) is 38.9 Å². The highest BCUT2D eigenvalue weighted by Gasteiger charge is 2.52. The van der Waals surface area contributed by atoms with Gasteiger partial charge in [-0.3, -0.25) is 0 Å². The third-order valence-corrected chi connectivity index (χ3v) is 4.88. The van der Waals surface area contributed by atoms with Crippen LogP contribution in [0.1, 0.15) is 33.4 Å². The summed E-state index contributed by atoms with van der Waals surface area (Å²) < 4.78 is 14.3. The number of thiol groups is 1. The van der Waals surface area contributed by atoms with Gasteiger partial charge in [0, 0.05) is 11.9 Å².